The first-order valence-electron chi connectivity index (χ1n) is 8.96. The molecule has 3 rings (SSSR count). The summed E-state index contributed by atoms with van der Waals surface area (Å²) in [6.07, 6.45) is 3.16. The van der Waals surface area contributed by atoms with Gasteiger partial charge < -0.3 is 14.4 Å². The molecule has 0 bridgehead atoms. The van der Waals surface area contributed by atoms with Crippen molar-refractivity contribution in [3.05, 3.63) is 59.9 Å². The monoisotopic (exact) mass is 357 g/mol. The van der Waals surface area contributed by atoms with E-state index in [1.54, 1.807) is 7.11 Å². The summed E-state index contributed by atoms with van der Waals surface area (Å²) in [5.74, 6) is 1.30. The molecule has 1 unspecified atom stereocenters. The fourth-order valence-corrected chi connectivity index (χ4v) is 3.28. The van der Waals surface area contributed by atoms with Crippen LogP contribution in [0, 0.1) is 5.82 Å². The van der Waals surface area contributed by atoms with Crippen LogP contribution >= 0.6 is 0 Å². The van der Waals surface area contributed by atoms with E-state index in [1.165, 1.54) is 29.8 Å². The van der Waals surface area contributed by atoms with Gasteiger partial charge in [-0.3, -0.25) is 4.79 Å². The molecule has 1 aliphatic rings. The van der Waals surface area contributed by atoms with E-state index in [1.807, 2.05) is 17.0 Å². The van der Waals surface area contributed by atoms with Crippen molar-refractivity contribution in [1.82, 2.24) is 4.90 Å². The highest BCUT2D eigenvalue weighted by Crippen LogP contribution is 2.28. The van der Waals surface area contributed by atoms with Crippen LogP contribution in [0.25, 0.3) is 0 Å². The summed E-state index contributed by atoms with van der Waals surface area (Å²) in [6, 6.07) is 13.8. The average molecular weight is 357 g/mol. The molecule has 1 saturated heterocycles. The Bertz CT molecular complexity index is 715. The summed E-state index contributed by atoms with van der Waals surface area (Å²) in [5.41, 5.74) is 1.23. The fraction of sp³-hybridized carbons (Fsp3) is 0.381. The van der Waals surface area contributed by atoms with Gasteiger partial charge in [-0.25, -0.2) is 4.39 Å². The van der Waals surface area contributed by atoms with Gasteiger partial charge in [-0.15, -0.1) is 0 Å². The predicted molar refractivity (Wildman–Crippen MR) is 98.1 cm³/mol. The van der Waals surface area contributed by atoms with Crippen LogP contribution in [0.15, 0.2) is 48.5 Å². The summed E-state index contributed by atoms with van der Waals surface area (Å²) in [4.78, 5) is 14.5. The second-order valence-corrected chi connectivity index (χ2v) is 6.55. The molecule has 0 aromatic heterocycles. The van der Waals surface area contributed by atoms with E-state index in [2.05, 4.69) is 12.1 Å². The molecule has 1 fully saturated rings. The van der Waals surface area contributed by atoms with Crippen molar-refractivity contribution in [1.29, 1.82) is 0 Å². The lowest BCUT2D eigenvalue weighted by Crippen LogP contribution is -2.37. The lowest BCUT2D eigenvalue weighted by Gasteiger charge is -2.25. The average Bonchev–Trinajstić information content (AvgIpc) is 2.94. The Morgan fingerprint density at radius 2 is 1.77 bits per heavy atom. The SMILES string of the molecule is COc1ccc(C2CCCCN(C(=O)COc3ccc(F)cc3)C2)cc1. The van der Waals surface area contributed by atoms with Crippen LogP contribution in [0.4, 0.5) is 4.39 Å². The zero-order valence-corrected chi connectivity index (χ0v) is 15.0. The molecule has 2 aromatic rings. The van der Waals surface area contributed by atoms with Gasteiger partial charge in [-0.2, -0.15) is 0 Å². The summed E-state index contributed by atoms with van der Waals surface area (Å²) in [6.45, 7) is 1.41. The molecule has 0 radical (unpaired) electrons. The number of hydrogen-bond donors (Lipinski definition) is 0. The van der Waals surface area contributed by atoms with E-state index in [4.69, 9.17) is 9.47 Å². The number of ether oxygens (including phenoxy) is 2. The number of rotatable bonds is 5. The molecule has 0 N–H and O–H groups in total. The lowest BCUT2D eigenvalue weighted by molar-refractivity contribution is -0.133. The van der Waals surface area contributed by atoms with Crippen molar-refractivity contribution < 1.29 is 18.7 Å². The second kappa shape index (κ2) is 8.70. The van der Waals surface area contributed by atoms with Crippen LogP contribution in [0.1, 0.15) is 30.7 Å². The zero-order valence-electron chi connectivity index (χ0n) is 15.0. The van der Waals surface area contributed by atoms with E-state index < -0.39 is 0 Å². The molecule has 0 saturated carbocycles. The topological polar surface area (TPSA) is 38.8 Å². The van der Waals surface area contributed by atoms with Crippen molar-refractivity contribution in [2.75, 3.05) is 26.8 Å². The van der Waals surface area contributed by atoms with Gasteiger partial charge in [-0.1, -0.05) is 18.6 Å². The highest BCUT2D eigenvalue weighted by atomic mass is 19.1. The third kappa shape index (κ3) is 4.75. The number of nitrogens with zero attached hydrogens (tertiary/aromatic N) is 1. The highest BCUT2D eigenvalue weighted by Gasteiger charge is 2.23. The number of benzene rings is 2. The number of halogens is 1. The highest BCUT2D eigenvalue weighted by molar-refractivity contribution is 5.77. The molecule has 0 spiro atoms. The molecule has 138 valence electrons. The fourth-order valence-electron chi connectivity index (χ4n) is 3.28. The van der Waals surface area contributed by atoms with Crippen molar-refractivity contribution in [3.63, 3.8) is 0 Å². The summed E-state index contributed by atoms with van der Waals surface area (Å²) in [5, 5.41) is 0. The van der Waals surface area contributed by atoms with E-state index in [9.17, 15) is 9.18 Å². The molecule has 2 aromatic carbocycles. The normalized spacial score (nSPS) is 17.5. The maximum atomic E-state index is 12.9. The maximum absolute atomic E-state index is 12.9. The van der Waals surface area contributed by atoms with Crippen LogP contribution in [0.2, 0.25) is 0 Å². The summed E-state index contributed by atoms with van der Waals surface area (Å²) < 4.78 is 23.7. The number of likely N-dealkylation sites (tertiary alicyclic amines) is 1. The molecule has 5 heteroatoms. The number of carbonyl (C=O) groups is 1. The second-order valence-electron chi connectivity index (χ2n) is 6.55. The molecular formula is C21H24FNO3. The Morgan fingerprint density at radius 3 is 2.46 bits per heavy atom. The van der Waals surface area contributed by atoms with Gasteiger partial charge >= 0.3 is 0 Å². The number of methoxy groups -OCH3 is 1. The van der Waals surface area contributed by atoms with Gasteiger partial charge in [0.2, 0.25) is 0 Å². The number of amides is 1. The van der Waals surface area contributed by atoms with Crippen molar-refractivity contribution in [2.45, 2.75) is 25.2 Å². The first kappa shape index (κ1) is 18.2. The van der Waals surface area contributed by atoms with Gasteiger partial charge in [0.25, 0.3) is 5.91 Å². The van der Waals surface area contributed by atoms with E-state index >= 15 is 0 Å². The largest absolute Gasteiger partial charge is 0.497 e. The van der Waals surface area contributed by atoms with Gasteiger partial charge in [-0.05, 0) is 54.8 Å². The molecule has 0 aliphatic carbocycles. The quantitative estimate of drug-likeness (QED) is 0.812. The van der Waals surface area contributed by atoms with Crippen LogP contribution in [-0.2, 0) is 4.79 Å². The van der Waals surface area contributed by atoms with Crippen LogP contribution in [0.3, 0.4) is 0 Å². The van der Waals surface area contributed by atoms with Gasteiger partial charge in [0.1, 0.15) is 17.3 Å². The molecular weight excluding hydrogens is 333 g/mol. The Labute approximate surface area is 153 Å². The van der Waals surface area contributed by atoms with E-state index in [0.717, 1.165) is 31.6 Å². The Balaban J connectivity index is 1.60. The van der Waals surface area contributed by atoms with E-state index in [0.29, 0.717) is 18.2 Å². The van der Waals surface area contributed by atoms with Crippen molar-refractivity contribution in [3.8, 4) is 11.5 Å². The maximum Gasteiger partial charge on any atom is 0.260 e. The van der Waals surface area contributed by atoms with Crippen molar-refractivity contribution >= 4 is 5.91 Å². The minimum absolute atomic E-state index is 0.0268. The van der Waals surface area contributed by atoms with Crippen molar-refractivity contribution in [2.24, 2.45) is 0 Å². The third-order valence-corrected chi connectivity index (χ3v) is 4.79. The molecule has 4 nitrogen and oxygen atoms in total. The Hall–Kier alpha value is -2.56. The minimum atomic E-state index is -0.321. The smallest absolute Gasteiger partial charge is 0.260 e. The summed E-state index contributed by atoms with van der Waals surface area (Å²) in [7, 11) is 1.65. The van der Waals surface area contributed by atoms with Gasteiger partial charge in [0.15, 0.2) is 6.61 Å². The molecule has 1 aliphatic heterocycles. The number of hydrogen-bond acceptors (Lipinski definition) is 3. The number of carbonyl (C=O) groups excluding carboxylic acids is 1. The molecule has 1 atom stereocenters. The lowest BCUT2D eigenvalue weighted by atomic mass is 9.94. The van der Waals surface area contributed by atoms with E-state index in [-0.39, 0.29) is 18.3 Å². The third-order valence-electron chi connectivity index (χ3n) is 4.79. The minimum Gasteiger partial charge on any atom is -0.497 e. The summed E-state index contributed by atoms with van der Waals surface area (Å²) >= 11 is 0. The van der Waals surface area contributed by atoms with Gasteiger partial charge in [0.05, 0.1) is 7.11 Å². The van der Waals surface area contributed by atoms with Gasteiger partial charge in [0, 0.05) is 19.0 Å². The first-order valence-corrected chi connectivity index (χ1v) is 8.96. The Kier molecular flexibility index (Phi) is 6.10. The Morgan fingerprint density at radius 1 is 1.08 bits per heavy atom. The predicted octanol–water partition coefficient (Wildman–Crippen LogP) is 4.01. The van der Waals surface area contributed by atoms with Crippen LogP contribution in [-0.4, -0.2) is 37.6 Å². The zero-order chi connectivity index (χ0) is 18.4. The molecule has 26 heavy (non-hydrogen) atoms. The standard InChI is InChI=1S/C21H24FNO3/c1-25-19-9-5-16(6-10-19)17-4-2-3-13-23(14-17)21(24)15-26-20-11-7-18(22)8-12-20/h5-12,17H,2-4,13-15H2,1H3. The first-order chi connectivity index (χ1) is 12.7. The molecule has 1 heterocycles. The van der Waals surface area contributed by atoms with Crippen LogP contribution < -0.4 is 9.47 Å². The molecule has 1 amide bonds. The van der Waals surface area contributed by atoms with Crippen LogP contribution in [0.5, 0.6) is 11.5 Å².